The highest BCUT2D eigenvalue weighted by atomic mass is 31.2. The molecule has 0 aliphatic heterocycles. The van der Waals surface area contributed by atoms with Gasteiger partial charge in [-0.15, -0.1) is 0 Å². The Bertz CT molecular complexity index is 940. The Morgan fingerprint density at radius 2 is 1.84 bits per heavy atom. The Morgan fingerprint density at radius 1 is 1.16 bits per heavy atom. The summed E-state index contributed by atoms with van der Waals surface area (Å²) >= 11 is 0. The summed E-state index contributed by atoms with van der Waals surface area (Å²) in [6, 6.07) is 7.65. The van der Waals surface area contributed by atoms with Crippen LogP contribution < -0.4 is 10.6 Å². The third-order valence-corrected chi connectivity index (χ3v) is 5.63. The summed E-state index contributed by atoms with van der Waals surface area (Å²) in [5, 5.41) is 4.21. The second kappa shape index (κ2) is 6.60. The van der Waals surface area contributed by atoms with Gasteiger partial charge in [0.2, 0.25) is 0 Å². The Hall–Kier alpha value is -2.20. The number of nitrogens with zero attached hydrogens (tertiary/aromatic N) is 4. The summed E-state index contributed by atoms with van der Waals surface area (Å²) in [6.45, 7) is 10.6. The Labute approximate surface area is 148 Å². The van der Waals surface area contributed by atoms with Crippen molar-refractivity contribution in [3.05, 3.63) is 36.4 Å². The first-order chi connectivity index (χ1) is 11.8. The number of benzene rings is 1. The van der Waals surface area contributed by atoms with E-state index in [0.29, 0.717) is 5.82 Å². The average molecular weight is 357 g/mol. The van der Waals surface area contributed by atoms with E-state index in [0.717, 1.165) is 34.5 Å². The van der Waals surface area contributed by atoms with Crippen LogP contribution in [-0.2, 0) is 11.1 Å². The van der Waals surface area contributed by atoms with Crippen LogP contribution in [0.25, 0.3) is 11.2 Å². The smallest absolute Gasteiger partial charge is 0.165 e. The molecule has 0 aliphatic rings. The van der Waals surface area contributed by atoms with Crippen molar-refractivity contribution in [2.75, 3.05) is 18.6 Å². The van der Waals surface area contributed by atoms with Crippen molar-refractivity contribution in [1.82, 2.24) is 19.5 Å². The number of hydrogen-bond acceptors (Lipinski definition) is 5. The van der Waals surface area contributed by atoms with E-state index in [1.54, 1.807) is 19.7 Å². The van der Waals surface area contributed by atoms with Crippen LogP contribution in [0.15, 0.2) is 30.6 Å². The number of rotatable bonds is 5. The van der Waals surface area contributed by atoms with Gasteiger partial charge in [-0.3, -0.25) is 0 Å². The minimum Gasteiger partial charge on any atom is -0.338 e. The van der Waals surface area contributed by atoms with Crippen LogP contribution in [0.1, 0.15) is 32.5 Å². The normalized spacial score (nSPS) is 12.1. The molecule has 0 radical (unpaired) electrons. The van der Waals surface area contributed by atoms with Crippen molar-refractivity contribution in [2.24, 2.45) is 0 Å². The van der Waals surface area contributed by atoms with E-state index in [-0.39, 0.29) is 5.92 Å². The fourth-order valence-corrected chi connectivity index (χ4v) is 3.45. The number of hydrogen-bond donors (Lipinski definition) is 1. The molecule has 0 amide bonds. The predicted molar refractivity (Wildman–Crippen MR) is 104 cm³/mol. The molecule has 3 rings (SSSR count). The summed E-state index contributed by atoms with van der Waals surface area (Å²) in [5.41, 5.74) is 2.48. The molecule has 132 valence electrons. The van der Waals surface area contributed by atoms with Gasteiger partial charge in [0.05, 0.1) is 6.33 Å². The summed E-state index contributed by atoms with van der Waals surface area (Å²) in [4.78, 5) is 13.8. The van der Waals surface area contributed by atoms with E-state index in [4.69, 9.17) is 0 Å². The number of anilines is 2. The molecule has 0 bridgehead atoms. The fraction of sp³-hybridized carbons (Fsp3) is 0.389. The van der Waals surface area contributed by atoms with Gasteiger partial charge in [0.15, 0.2) is 17.0 Å². The molecule has 0 spiro atoms. The SMILES string of the molecule is CCn1cnc2c(Nc3ccc(P(C)(C)=O)cc3)nc(C(C)C)nc21. The monoisotopic (exact) mass is 357 g/mol. The molecule has 0 saturated heterocycles. The summed E-state index contributed by atoms with van der Waals surface area (Å²) < 4.78 is 14.2. The third-order valence-electron chi connectivity index (χ3n) is 4.09. The van der Waals surface area contributed by atoms with Gasteiger partial charge in [-0.05, 0) is 44.5 Å². The number of nitrogens with one attached hydrogen (secondary N) is 1. The first-order valence-corrected chi connectivity index (χ1v) is 11.0. The van der Waals surface area contributed by atoms with E-state index in [1.807, 2.05) is 28.8 Å². The van der Waals surface area contributed by atoms with E-state index in [1.165, 1.54) is 0 Å². The van der Waals surface area contributed by atoms with E-state index in [2.05, 4.69) is 41.0 Å². The van der Waals surface area contributed by atoms with Gasteiger partial charge >= 0.3 is 0 Å². The highest BCUT2D eigenvalue weighted by Gasteiger charge is 2.15. The van der Waals surface area contributed by atoms with Crippen LogP contribution in [0.5, 0.6) is 0 Å². The first kappa shape index (κ1) is 17.6. The maximum Gasteiger partial charge on any atom is 0.165 e. The molecule has 6 nitrogen and oxygen atoms in total. The van der Waals surface area contributed by atoms with Crippen molar-refractivity contribution in [3.8, 4) is 0 Å². The zero-order valence-corrected chi connectivity index (χ0v) is 16.2. The van der Waals surface area contributed by atoms with Crippen molar-refractivity contribution in [2.45, 2.75) is 33.2 Å². The maximum absolute atomic E-state index is 12.2. The van der Waals surface area contributed by atoms with Crippen LogP contribution in [0.2, 0.25) is 0 Å². The van der Waals surface area contributed by atoms with Crippen LogP contribution in [0, 0.1) is 0 Å². The molecule has 0 aliphatic carbocycles. The van der Waals surface area contributed by atoms with Gasteiger partial charge in [0, 0.05) is 23.5 Å². The number of imidazole rings is 1. The average Bonchev–Trinajstić information content (AvgIpc) is 2.97. The Balaban J connectivity index is 2.03. The zero-order valence-electron chi connectivity index (χ0n) is 15.3. The van der Waals surface area contributed by atoms with E-state index in [9.17, 15) is 4.57 Å². The van der Waals surface area contributed by atoms with Crippen molar-refractivity contribution in [1.29, 1.82) is 0 Å². The number of fused-ring (bicyclic) bond motifs is 1. The van der Waals surface area contributed by atoms with E-state index >= 15 is 0 Å². The lowest BCUT2D eigenvalue weighted by Gasteiger charge is -2.12. The predicted octanol–water partition coefficient (Wildman–Crippen LogP) is 3.96. The number of aryl methyl sites for hydroxylation is 1. The summed E-state index contributed by atoms with van der Waals surface area (Å²) in [7, 11) is -2.25. The molecular formula is C18H24N5OP. The lowest BCUT2D eigenvalue weighted by Crippen LogP contribution is -2.06. The van der Waals surface area contributed by atoms with Crippen molar-refractivity contribution >= 4 is 35.1 Å². The van der Waals surface area contributed by atoms with Gasteiger partial charge < -0.3 is 14.4 Å². The van der Waals surface area contributed by atoms with Crippen LogP contribution >= 0.6 is 7.14 Å². The quantitative estimate of drug-likeness (QED) is 0.700. The lowest BCUT2D eigenvalue weighted by atomic mass is 10.2. The molecule has 0 saturated carbocycles. The molecule has 7 heteroatoms. The molecule has 0 unspecified atom stereocenters. The molecule has 1 N–H and O–H groups in total. The number of aromatic nitrogens is 4. The van der Waals surface area contributed by atoms with Crippen molar-refractivity contribution < 1.29 is 4.57 Å². The molecule has 25 heavy (non-hydrogen) atoms. The van der Waals surface area contributed by atoms with Crippen molar-refractivity contribution in [3.63, 3.8) is 0 Å². The fourth-order valence-electron chi connectivity index (χ4n) is 2.58. The summed E-state index contributed by atoms with van der Waals surface area (Å²) in [5.74, 6) is 1.71. The van der Waals surface area contributed by atoms with Gasteiger partial charge in [0.25, 0.3) is 0 Å². The second-order valence-electron chi connectivity index (χ2n) is 6.81. The van der Waals surface area contributed by atoms with Crippen LogP contribution in [-0.4, -0.2) is 32.8 Å². The van der Waals surface area contributed by atoms with Crippen LogP contribution in [0.3, 0.4) is 0 Å². The first-order valence-electron chi connectivity index (χ1n) is 8.45. The van der Waals surface area contributed by atoms with Gasteiger partial charge in [-0.25, -0.2) is 15.0 Å². The molecule has 2 aromatic heterocycles. The van der Waals surface area contributed by atoms with Gasteiger partial charge in [-0.1, -0.05) is 13.8 Å². The molecule has 3 aromatic rings. The minimum atomic E-state index is -2.25. The third kappa shape index (κ3) is 3.59. The maximum atomic E-state index is 12.2. The van der Waals surface area contributed by atoms with Gasteiger partial charge in [0.1, 0.15) is 13.0 Å². The topological polar surface area (TPSA) is 72.7 Å². The molecule has 2 heterocycles. The lowest BCUT2D eigenvalue weighted by molar-refractivity contribution is 0.588. The second-order valence-corrected chi connectivity index (χ2v) is 10.0. The molecule has 0 atom stereocenters. The largest absolute Gasteiger partial charge is 0.338 e. The van der Waals surface area contributed by atoms with Crippen LogP contribution in [0.4, 0.5) is 11.5 Å². The van der Waals surface area contributed by atoms with E-state index < -0.39 is 7.14 Å². The molecule has 1 aromatic carbocycles. The summed E-state index contributed by atoms with van der Waals surface area (Å²) in [6.07, 6.45) is 1.79. The Morgan fingerprint density at radius 3 is 2.40 bits per heavy atom. The molecular weight excluding hydrogens is 333 g/mol. The van der Waals surface area contributed by atoms with Gasteiger partial charge in [-0.2, -0.15) is 0 Å². The highest BCUT2D eigenvalue weighted by molar-refractivity contribution is 7.70. The zero-order chi connectivity index (χ0) is 18.2. The molecule has 0 fully saturated rings. The standard InChI is InChI=1S/C18H24N5OP/c1-6-23-11-19-15-17(21-16(12(2)3)22-18(15)23)20-13-7-9-14(10-8-13)25(4,5)24/h7-12H,6H2,1-5H3,(H,20,21,22). The minimum absolute atomic E-state index is 0.221. The highest BCUT2D eigenvalue weighted by Crippen LogP contribution is 2.35. The Kier molecular flexibility index (Phi) is 4.65.